The number of alkyl halides is 3. The van der Waals surface area contributed by atoms with Gasteiger partial charge in [0, 0.05) is 27.3 Å². The number of halogens is 3. The molecular formula is C22H38F3NO4. The molecule has 1 fully saturated rings. The first-order valence-electron chi connectivity index (χ1n) is 9.71. The van der Waals surface area contributed by atoms with Crippen LogP contribution >= 0.6 is 0 Å². The zero-order chi connectivity index (χ0) is 24.2. The third kappa shape index (κ3) is 13.4. The summed E-state index contributed by atoms with van der Waals surface area (Å²) in [6.45, 7) is 13.5. The molecule has 5 nitrogen and oxygen atoms in total. The van der Waals surface area contributed by atoms with Crippen molar-refractivity contribution in [2.24, 2.45) is 5.41 Å². The molecular weight excluding hydrogens is 399 g/mol. The van der Waals surface area contributed by atoms with Gasteiger partial charge in [-0.1, -0.05) is 37.6 Å². The number of aryl methyl sites for hydroxylation is 1. The van der Waals surface area contributed by atoms with Crippen LogP contribution in [0.2, 0.25) is 0 Å². The van der Waals surface area contributed by atoms with Gasteiger partial charge in [0.2, 0.25) is 0 Å². The summed E-state index contributed by atoms with van der Waals surface area (Å²) in [5, 5.41) is 14.0. The van der Waals surface area contributed by atoms with Crippen molar-refractivity contribution in [1.29, 1.82) is 0 Å². The lowest BCUT2D eigenvalue weighted by Gasteiger charge is -2.37. The van der Waals surface area contributed by atoms with Gasteiger partial charge in [-0.05, 0) is 52.0 Å². The number of ether oxygens (including phenoxy) is 1. The van der Waals surface area contributed by atoms with Crippen LogP contribution in [0.15, 0.2) is 24.3 Å². The first kappa shape index (κ1) is 30.4. The number of piperidine rings is 1. The summed E-state index contributed by atoms with van der Waals surface area (Å²) in [5.41, 5.74) is 0.0278. The number of amides is 1. The molecule has 0 radical (unpaired) electrons. The second kappa shape index (κ2) is 13.5. The van der Waals surface area contributed by atoms with Gasteiger partial charge in [0.25, 0.3) is 0 Å². The van der Waals surface area contributed by atoms with Gasteiger partial charge in [-0.2, -0.15) is 13.2 Å². The van der Waals surface area contributed by atoms with Crippen LogP contribution in [0.25, 0.3) is 0 Å². The standard InChI is InChI=1S/C12H23NO2.C8H7F3.2CH4O/c1-11(2,3)15-10(14)13-8-6-12(4,5)7-9-13;1-6-3-2-4-7(5-6)8(9,10)11;2*1-2/h6-9H2,1-5H3;2-5H,1H3;2*2H,1H3. The third-order valence-corrected chi connectivity index (χ3v) is 4.11. The Morgan fingerprint density at radius 1 is 1.03 bits per heavy atom. The van der Waals surface area contributed by atoms with Gasteiger partial charge in [0.05, 0.1) is 5.56 Å². The molecule has 0 unspecified atom stereocenters. The van der Waals surface area contributed by atoms with Gasteiger partial charge in [-0.3, -0.25) is 0 Å². The van der Waals surface area contributed by atoms with E-state index in [1.807, 2.05) is 25.7 Å². The van der Waals surface area contributed by atoms with E-state index in [0.717, 1.165) is 52.3 Å². The molecule has 0 atom stereocenters. The lowest BCUT2D eigenvalue weighted by atomic mass is 9.83. The van der Waals surface area contributed by atoms with Crippen LogP contribution in [0, 0.1) is 12.3 Å². The Bertz CT molecular complexity index is 601. The van der Waals surface area contributed by atoms with E-state index in [-0.39, 0.29) is 11.7 Å². The molecule has 176 valence electrons. The van der Waals surface area contributed by atoms with Gasteiger partial charge in [0.15, 0.2) is 0 Å². The van der Waals surface area contributed by atoms with E-state index >= 15 is 0 Å². The summed E-state index contributed by atoms with van der Waals surface area (Å²) in [6.07, 6.45) is -2.26. The second-order valence-corrected chi connectivity index (χ2v) is 8.50. The van der Waals surface area contributed by atoms with E-state index in [9.17, 15) is 18.0 Å². The molecule has 1 aromatic carbocycles. The minimum atomic E-state index is -4.22. The van der Waals surface area contributed by atoms with E-state index in [4.69, 9.17) is 14.9 Å². The van der Waals surface area contributed by atoms with Crippen LogP contribution in [-0.4, -0.2) is 54.1 Å². The number of carbonyl (C=O) groups is 1. The number of hydrogen-bond acceptors (Lipinski definition) is 4. The first-order valence-corrected chi connectivity index (χ1v) is 9.71. The highest BCUT2D eigenvalue weighted by atomic mass is 19.4. The fraction of sp³-hybridized carbons (Fsp3) is 0.682. The lowest BCUT2D eigenvalue weighted by molar-refractivity contribution is -0.137. The molecule has 8 heteroatoms. The normalized spacial score (nSPS) is 15.3. The maximum absolute atomic E-state index is 12.0. The van der Waals surface area contributed by atoms with E-state index in [1.165, 1.54) is 6.07 Å². The number of aliphatic hydroxyl groups is 2. The highest BCUT2D eigenvalue weighted by Crippen LogP contribution is 2.30. The topological polar surface area (TPSA) is 70.0 Å². The Morgan fingerprint density at radius 2 is 1.50 bits per heavy atom. The molecule has 1 aromatic rings. The molecule has 30 heavy (non-hydrogen) atoms. The summed E-state index contributed by atoms with van der Waals surface area (Å²) in [5.74, 6) is 0. The fourth-order valence-corrected chi connectivity index (χ4v) is 2.44. The van der Waals surface area contributed by atoms with E-state index in [1.54, 1.807) is 13.0 Å². The molecule has 2 N–H and O–H groups in total. The monoisotopic (exact) mass is 437 g/mol. The Hall–Kier alpha value is -1.80. The number of likely N-dealkylation sites (tertiary alicyclic amines) is 1. The largest absolute Gasteiger partial charge is 0.444 e. The van der Waals surface area contributed by atoms with Gasteiger partial charge in [-0.25, -0.2) is 4.79 Å². The summed E-state index contributed by atoms with van der Waals surface area (Å²) in [4.78, 5) is 13.5. The SMILES string of the molecule is CC1(C)CCN(C(=O)OC(C)(C)C)CC1.CO.CO.Cc1cccc(C(F)(F)F)c1. The molecule has 2 rings (SSSR count). The fourth-order valence-electron chi connectivity index (χ4n) is 2.44. The van der Waals surface area contributed by atoms with Gasteiger partial charge in [0.1, 0.15) is 5.60 Å². The molecule has 1 aliphatic rings. The van der Waals surface area contributed by atoms with Crippen LogP contribution in [0.1, 0.15) is 58.6 Å². The Balaban J connectivity index is 0. The van der Waals surface area contributed by atoms with Crippen molar-refractivity contribution < 1.29 is 32.9 Å². The predicted molar refractivity (Wildman–Crippen MR) is 113 cm³/mol. The minimum absolute atomic E-state index is 0.169. The van der Waals surface area contributed by atoms with Crippen LogP contribution < -0.4 is 0 Å². The predicted octanol–water partition coefficient (Wildman–Crippen LogP) is 5.27. The summed E-state index contributed by atoms with van der Waals surface area (Å²) >= 11 is 0. The summed E-state index contributed by atoms with van der Waals surface area (Å²) < 4.78 is 41.2. The van der Waals surface area contributed by atoms with Crippen molar-refractivity contribution in [2.45, 2.75) is 66.2 Å². The maximum Gasteiger partial charge on any atom is 0.416 e. The summed E-state index contributed by atoms with van der Waals surface area (Å²) in [7, 11) is 2.00. The number of rotatable bonds is 0. The van der Waals surface area contributed by atoms with E-state index in [0.29, 0.717) is 11.0 Å². The average Bonchev–Trinajstić information content (AvgIpc) is 2.63. The quantitative estimate of drug-likeness (QED) is 0.580. The highest BCUT2D eigenvalue weighted by molar-refractivity contribution is 5.68. The van der Waals surface area contributed by atoms with Crippen molar-refractivity contribution in [3.05, 3.63) is 35.4 Å². The number of aliphatic hydroxyl groups excluding tert-OH is 2. The third-order valence-electron chi connectivity index (χ3n) is 4.11. The minimum Gasteiger partial charge on any atom is -0.444 e. The smallest absolute Gasteiger partial charge is 0.416 e. The Labute approximate surface area is 178 Å². The molecule has 1 aliphatic heterocycles. The van der Waals surface area contributed by atoms with Crippen LogP contribution in [-0.2, 0) is 10.9 Å². The zero-order valence-corrected chi connectivity index (χ0v) is 19.4. The van der Waals surface area contributed by atoms with E-state index in [2.05, 4.69) is 13.8 Å². The molecule has 0 bridgehead atoms. The highest BCUT2D eigenvalue weighted by Gasteiger charge is 2.30. The van der Waals surface area contributed by atoms with Crippen molar-refractivity contribution in [3.8, 4) is 0 Å². The Kier molecular flexibility index (Phi) is 13.7. The molecule has 1 heterocycles. The van der Waals surface area contributed by atoms with E-state index < -0.39 is 11.7 Å². The number of hydrogen-bond donors (Lipinski definition) is 2. The molecule has 1 amide bonds. The van der Waals surface area contributed by atoms with Crippen molar-refractivity contribution in [3.63, 3.8) is 0 Å². The second-order valence-electron chi connectivity index (χ2n) is 8.50. The molecule has 0 spiro atoms. The van der Waals surface area contributed by atoms with Crippen molar-refractivity contribution in [2.75, 3.05) is 27.3 Å². The van der Waals surface area contributed by atoms with Crippen LogP contribution in [0.4, 0.5) is 18.0 Å². The van der Waals surface area contributed by atoms with Crippen molar-refractivity contribution in [1.82, 2.24) is 4.90 Å². The van der Waals surface area contributed by atoms with Gasteiger partial charge >= 0.3 is 12.3 Å². The van der Waals surface area contributed by atoms with Crippen LogP contribution in [0.5, 0.6) is 0 Å². The number of carbonyl (C=O) groups excluding carboxylic acids is 1. The molecule has 0 aliphatic carbocycles. The number of benzene rings is 1. The zero-order valence-electron chi connectivity index (χ0n) is 19.4. The lowest BCUT2D eigenvalue weighted by Crippen LogP contribution is -2.43. The number of nitrogens with zero attached hydrogens (tertiary/aromatic N) is 1. The van der Waals surface area contributed by atoms with Crippen molar-refractivity contribution >= 4 is 6.09 Å². The van der Waals surface area contributed by atoms with Crippen LogP contribution in [0.3, 0.4) is 0 Å². The van der Waals surface area contributed by atoms with Gasteiger partial charge in [-0.15, -0.1) is 0 Å². The maximum atomic E-state index is 12.0. The first-order chi connectivity index (χ1) is 13.7. The summed E-state index contributed by atoms with van der Waals surface area (Å²) in [6, 6.07) is 5.22. The molecule has 1 saturated heterocycles. The molecule has 0 aromatic heterocycles. The average molecular weight is 438 g/mol. The molecule has 0 saturated carbocycles. The van der Waals surface area contributed by atoms with Gasteiger partial charge < -0.3 is 19.8 Å². The Morgan fingerprint density at radius 3 is 1.83 bits per heavy atom.